The smallest absolute Gasteiger partial charge is 0.311 e. The van der Waals surface area contributed by atoms with E-state index in [4.69, 9.17) is 4.74 Å². The van der Waals surface area contributed by atoms with Crippen molar-refractivity contribution in [1.29, 1.82) is 0 Å². The summed E-state index contributed by atoms with van der Waals surface area (Å²) in [5.74, 6) is -0.301. The van der Waals surface area contributed by atoms with Gasteiger partial charge in [0, 0.05) is 6.42 Å². The summed E-state index contributed by atoms with van der Waals surface area (Å²) in [5, 5.41) is 0. The van der Waals surface area contributed by atoms with E-state index in [0.29, 0.717) is 6.42 Å². The van der Waals surface area contributed by atoms with E-state index < -0.39 is 5.41 Å². The van der Waals surface area contributed by atoms with Crippen LogP contribution in [-0.4, -0.2) is 26.2 Å². The maximum absolute atomic E-state index is 11.8. The minimum absolute atomic E-state index is 0.109. The summed E-state index contributed by atoms with van der Waals surface area (Å²) in [6, 6.07) is 0. The summed E-state index contributed by atoms with van der Waals surface area (Å²) in [4.78, 5) is 22.8. The third-order valence-electron chi connectivity index (χ3n) is 4.55. The molecule has 118 valence electrons. The Kier molecular flexibility index (Phi) is 7.84. The van der Waals surface area contributed by atoms with Crippen LogP contribution in [0.15, 0.2) is 0 Å². The Morgan fingerprint density at radius 3 is 1.90 bits per heavy atom. The summed E-state index contributed by atoms with van der Waals surface area (Å²) in [5.41, 5.74) is -0.601. The number of unbranched alkanes of at least 4 members (excludes halogenated alkanes) is 3. The molecule has 4 heteroatoms. The van der Waals surface area contributed by atoms with Crippen molar-refractivity contribution < 1.29 is 19.1 Å². The zero-order valence-electron chi connectivity index (χ0n) is 13.9. The molecule has 4 nitrogen and oxygen atoms in total. The molecule has 0 radical (unpaired) electrons. The number of rotatable bonds is 9. The predicted molar refractivity (Wildman–Crippen MR) is 79.3 cm³/mol. The third kappa shape index (κ3) is 5.51. The predicted octanol–water partition coefficient (Wildman–Crippen LogP) is 3.73. The minimum Gasteiger partial charge on any atom is -0.469 e. The van der Waals surface area contributed by atoms with Gasteiger partial charge in [-0.1, -0.05) is 33.1 Å². The Morgan fingerprint density at radius 2 is 1.40 bits per heavy atom. The van der Waals surface area contributed by atoms with Gasteiger partial charge in [0.05, 0.1) is 19.6 Å². The molecular weight excluding hydrogens is 256 g/mol. The van der Waals surface area contributed by atoms with Crippen LogP contribution in [0.2, 0.25) is 0 Å². The molecule has 0 atom stereocenters. The average molecular weight is 286 g/mol. The third-order valence-corrected chi connectivity index (χ3v) is 4.55. The summed E-state index contributed by atoms with van der Waals surface area (Å²) in [7, 11) is 2.85. The molecule has 0 fully saturated rings. The fourth-order valence-electron chi connectivity index (χ4n) is 2.14. The molecule has 0 aliphatic heterocycles. The summed E-state index contributed by atoms with van der Waals surface area (Å²) in [6.07, 6.45) is 5.46. The Labute approximate surface area is 123 Å². The Hall–Kier alpha value is -1.06. The van der Waals surface area contributed by atoms with E-state index >= 15 is 0 Å². The number of hydrogen-bond acceptors (Lipinski definition) is 4. The quantitative estimate of drug-likeness (QED) is 0.479. The first kappa shape index (κ1) is 18.9. The molecule has 20 heavy (non-hydrogen) atoms. The van der Waals surface area contributed by atoms with Crippen LogP contribution < -0.4 is 0 Å². The zero-order chi connectivity index (χ0) is 15.8. The number of carbonyl (C=O) groups is 2. The zero-order valence-corrected chi connectivity index (χ0v) is 13.9. The minimum atomic E-state index is -0.492. The molecule has 0 rings (SSSR count). The first-order chi connectivity index (χ1) is 9.19. The normalized spacial score (nSPS) is 12.1. The van der Waals surface area contributed by atoms with Gasteiger partial charge in [-0.3, -0.25) is 9.59 Å². The number of carbonyl (C=O) groups excluding carboxylic acids is 2. The van der Waals surface area contributed by atoms with Crippen molar-refractivity contribution in [3.05, 3.63) is 0 Å². The van der Waals surface area contributed by atoms with Crippen molar-refractivity contribution >= 4 is 11.9 Å². The van der Waals surface area contributed by atoms with Gasteiger partial charge in [-0.05, 0) is 32.1 Å². The topological polar surface area (TPSA) is 52.6 Å². The summed E-state index contributed by atoms with van der Waals surface area (Å²) in [6.45, 7) is 8.10. The lowest BCUT2D eigenvalue weighted by atomic mass is 9.65. The van der Waals surface area contributed by atoms with Crippen LogP contribution in [0.1, 0.15) is 66.2 Å². The molecule has 0 heterocycles. The molecule has 0 aromatic carbocycles. The fourth-order valence-corrected chi connectivity index (χ4v) is 2.14. The van der Waals surface area contributed by atoms with E-state index in [1.807, 2.05) is 13.8 Å². The monoisotopic (exact) mass is 286 g/mol. The molecule has 0 aliphatic rings. The Bertz CT molecular complexity index is 318. The molecule has 0 N–H and O–H groups in total. The molecule has 0 bridgehead atoms. The van der Waals surface area contributed by atoms with Gasteiger partial charge in [-0.2, -0.15) is 0 Å². The van der Waals surface area contributed by atoms with E-state index in [0.717, 1.165) is 32.1 Å². The van der Waals surface area contributed by atoms with Crippen LogP contribution in [0.5, 0.6) is 0 Å². The van der Waals surface area contributed by atoms with E-state index in [-0.39, 0.29) is 17.4 Å². The molecule has 0 aromatic rings. The van der Waals surface area contributed by atoms with E-state index in [1.54, 1.807) is 0 Å². The van der Waals surface area contributed by atoms with Crippen molar-refractivity contribution in [2.75, 3.05) is 14.2 Å². The van der Waals surface area contributed by atoms with Gasteiger partial charge in [0.15, 0.2) is 0 Å². The SMILES string of the molecule is COC(=O)CCCCCCC(C)(C)C(C)(C)C(=O)OC. The highest BCUT2D eigenvalue weighted by molar-refractivity contribution is 5.76. The number of hydrogen-bond donors (Lipinski definition) is 0. The summed E-state index contributed by atoms with van der Waals surface area (Å²) < 4.78 is 9.50. The van der Waals surface area contributed by atoms with Crippen molar-refractivity contribution in [3.8, 4) is 0 Å². The van der Waals surface area contributed by atoms with E-state index in [1.165, 1.54) is 14.2 Å². The second kappa shape index (κ2) is 8.28. The summed E-state index contributed by atoms with van der Waals surface area (Å²) >= 11 is 0. The number of methoxy groups -OCH3 is 2. The first-order valence-corrected chi connectivity index (χ1v) is 7.34. The average Bonchev–Trinajstić information content (AvgIpc) is 2.40. The maximum atomic E-state index is 11.8. The first-order valence-electron chi connectivity index (χ1n) is 7.34. The lowest BCUT2D eigenvalue weighted by Crippen LogP contribution is -2.40. The Morgan fingerprint density at radius 1 is 0.850 bits per heavy atom. The standard InChI is InChI=1S/C16H30O4/c1-15(2,16(3,4)14(18)20-6)12-10-8-7-9-11-13(17)19-5/h7-12H2,1-6H3. The van der Waals surface area contributed by atoms with Gasteiger partial charge in [-0.15, -0.1) is 0 Å². The van der Waals surface area contributed by atoms with Gasteiger partial charge in [0.25, 0.3) is 0 Å². The van der Waals surface area contributed by atoms with Gasteiger partial charge in [0.2, 0.25) is 0 Å². The lowest BCUT2D eigenvalue weighted by molar-refractivity contribution is -0.158. The van der Waals surface area contributed by atoms with Gasteiger partial charge in [-0.25, -0.2) is 0 Å². The van der Waals surface area contributed by atoms with E-state index in [9.17, 15) is 9.59 Å². The highest BCUT2D eigenvalue weighted by atomic mass is 16.5. The van der Waals surface area contributed by atoms with Gasteiger partial charge >= 0.3 is 11.9 Å². The molecule has 0 unspecified atom stereocenters. The second-order valence-corrected chi connectivity index (χ2v) is 6.49. The van der Waals surface area contributed by atoms with Gasteiger partial charge in [0.1, 0.15) is 0 Å². The molecule has 0 saturated carbocycles. The van der Waals surface area contributed by atoms with Gasteiger partial charge < -0.3 is 9.47 Å². The molecule has 0 amide bonds. The maximum Gasteiger partial charge on any atom is 0.311 e. The number of esters is 2. The van der Waals surface area contributed by atoms with Crippen molar-refractivity contribution in [1.82, 2.24) is 0 Å². The van der Waals surface area contributed by atoms with Crippen LogP contribution in [0.3, 0.4) is 0 Å². The Balaban J connectivity index is 4.05. The van der Waals surface area contributed by atoms with Crippen LogP contribution in [0.4, 0.5) is 0 Å². The molecule has 0 aliphatic carbocycles. The van der Waals surface area contributed by atoms with Crippen molar-refractivity contribution in [2.45, 2.75) is 66.2 Å². The van der Waals surface area contributed by atoms with Crippen LogP contribution >= 0.6 is 0 Å². The van der Waals surface area contributed by atoms with Crippen molar-refractivity contribution in [2.24, 2.45) is 10.8 Å². The molecule has 0 spiro atoms. The van der Waals surface area contributed by atoms with Crippen LogP contribution in [0, 0.1) is 10.8 Å². The van der Waals surface area contributed by atoms with Crippen molar-refractivity contribution in [3.63, 3.8) is 0 Å². The molecular formula is C16H30O4. The highest BCUT2D eigenvalue weighted by Crippen LogP contribution is 2.43. The fraction of sp³-hybridized carbons (Fsp3) is 0.875. The van der Waals surface area contributed by atoms with Crippen LogP contribution in [0.25, 0.3) is 0 Å². The van der Waals surface area contributed by atoms with E-state index in [2.05, 4.69) is 18.6 Å². The lowest BCUT2D eigenvalue weighted by Gasteiger charge is -2.39. The highest BCUT2D eigenvalue weighted by Gasteiger charge is 2.43. The molecule has 0 saturated heterocycles. The largest absolute Gasteiger partial charge is 0.469 e. The van der Waals surface area contributed by atoms with Crippen LogP contribution in [-0.2, 0) is 19.1 Å². The number of ether oxygens (including phenoxy) is 2. The molecule has 0 aromatic heterocycles. The second-order valence-electron chi connectivity index (χ2n) is 6.49.